The van der Waals surface area contributed by atoms with Crippen LogP contribution in [0.3, 0.4) is 0 Å². The summed E-state index contributed by atoms with van der Waals surface area (Å²) in [6, 6.07) is 0. The van der Waals surface area contributed by atoms with Crippen molar-refractivity contribution in [1.82, 2.24) is 0 Å². The Labute approximate surface area is 355 Å². The number of unbranched alkanes of at least 4 members (excludes halogenated alkanes) is 14. The molecule has 0 aromatic rings. The third-order valence-corrected chi connectivity index (χ3v) is 10.2. The first-order valence-corrected chi connectivity index (χ1v) is 24.1. The van der Waals surface area contributed by atoms with Crippen LogP contribution in [0.1, 0.15) is 168 Å². The molecular weight excluding hydrogens is 750 g/mol. The molecule has 0 rings (SSSR count). The first-order valence-electron chi connectivity index (χ1n) is 22.6. The van der Waals surface area contributed by atoms with Gasteiger partial charge in [-0.2, -0.15) is 0 Å². The predicted octanol–water partition coefficient (Wildman–Crippen LogP) is 12.4. The lowest BCUT2D eigenvalue weighted by Gasteiger charge is -2.28. The van der Waals surface area contributed by atoms with E-state index >= 15 is 0 Å². The smallest absolute Gasteiger partial charge is 0.306 e. The van der Waals surface area contributed by atoms with Crippen LogP contribution in [-0.4, -0.2) is 70.0 Å². The van der Waals surface area contributed by atoms with E-state index in [0.717, 1.165) is 89.9 Å². The zero-order chi connectivity index (χ0) is 42.8. The zero-order valence-corrected chi connectivity index (χ0v) is 38.4. The van der Waals surface area contributed by atoms with Gasteiger partial charge in [0.1, 0.15) is 19.8 Å². The topological polar surface area (TPSA) is 111 Å². The molecule has 0 aromatic heterocycles. The molecule has 2 atom stereocenters. The molecule has 0 saturated carbocycles. The lowest BCUT2D eigenvalue weighted by atomic mass is 10.1. The fraction of sp³-hybridized carbons (Fsp3) is 0.708. The van der Waals surface area contributed by atoms with E-state index in [1.165, 1.54) is 38.5 Å². The van der Waals surface area contributed by atoms with Gasteiger partial charge in [0.05, 0.1) is 27.7 Å². The summed E-state index contributed by atoms with van der Waals surface area (Å²) in [6.07, 6.45) is 49.2. The maximum atomic E-state index is 12.7. The highest BCUT2D eigenvalue weighted by Gasteiger charge is 2.21. The van der Waals surface area contributed by atoms with Crippen LogP contribution in [0, 0.1) is 0 Å². The number of phosphoric ester groups is 1. The molecule has 0 amide bonds. The Hall–Kier alpha value is -2.55. The molecule has 0 aliphatic carbocycles. The second kappa shape index (κ2) is 39.9. The summed E-state index contributed by atoms with van der Waals surface area (Å²) in [7, 11) is 1.14. The normalized spacial score (nSPS) is 14.2. The van der Waals surface area contributed by atoms with Crippen molar-refractivity contribution >= 4 is 19.8 Å². The Morgan fingerprint density at radius 2 is 0.931 bits per heavy atom. The van der Waals surface area contributed by atoms with Gasteiger partial charge in [-0.05, 0) is 77.0 Å². The summed E-state index contributed by atoms with van der Waals surface area (Å²) < 4.78 is 33.9. The van der Waals surface area contributed by atoms with E-state index < -0.39 is 32.5 Å². The summed E-state index contributed by atoms with van der Waals surface area (Å²) in [5.41, 5.74) is 0. The van der Waals surface area contributed by atoms with Crippen LogP contribution in [0.5, 0.6) is 0 Å². The molecule has 0 aromatic carbocycles. The van der Waals surface area contributed by atoms with Gasteiger partial charge in [0.25, 0.3) is 7.82 Å². The number of esters is 2. The molecule has 0 saturated heterocycles. The molecule has 0 aliphatic rings. The van der Waals surface area contributed by atoms with Crippen molar-refractivity contribution < 1.29 is 42.1 Å². The second-order valence-electron chi connectivity index (χ2n) is 16.0. The summed E-state index contributed by atoms with van der Waals surface area (Å²) >= 11 is 0. The third kappa shape index (κ3) is 43.0. The van der Waals surface area contributed by atoms with E-state index in [4.69, 9.17) is 18.5 Å². The van der Waals surface area contributed by atoms with E-state index in [1.54, 1.807) is 0 Å². The van der Waals surface area contributed by atoms with Gasteiger partial charge >= 0.3 is 11.9 Å². The van der Waals surface area contributed by atoms with Gasteiger partial charge in [0.2, 0.25) is 0 Å². The van der Waals surface area contributed by atoms with E-state index in [0.29, 0.717) is 23.9 Å². The van der Waals surface area contributed by atoms with Crippen molar-refractivity contribution in [2.75, 3.05) is 47.5 Å². The highest BCUT2D eigenvalue weighted by molar-refractivity contribution is 7.45. The number of carbonyl (C=O) groups excluding carboxylic acids is 2. The number of rotatable bonds is 40. The maximum Gasteiger partial charge on any atom is 0.306 e. The molecule has 0 spiro atoms. The number of nitrogens with zero attached hydrogens (tertiary/aromatic N) is 1. The standard InChI is InChI=1S/C48H84NO8P/c1-6-8-10-12-14-16-18-20-22-24-26-28-30-32-34-36-38-40-47(50)54-44-46(45-56-58(52,53)55-43-42-49(3,4)5)57-48(51)41-39-37-35-33-31-29-27-25-23-21-19-17-15-13-11-9-7-2/h8-11,14-17,20-23,46H,6-7,12-13,18-19,24-45H2,1-5H3/b10-8-,11-9-,16-14-,17-15-,22-20-,23-21-. The fourth-order valence-corrected chi connectivity index (χ4v) is 6.47. The number of carbonyl (C=O) groups is 2. The summed E-state index contributed by atoms with van der Waals surface area (Å²) in [4.78, 5) is 37.6. The van der Waals surface area contributed by atoms with Crippen LogP contribution in [0.4, 0.5) is 0 Å². The van der Waals surface area contributed by atoms with Crippen molar-refractivity contribution in [3.8, 4) is 0 Å². The average molecular weight is 834 g/mol. The minimum absolute atomic E-state index is 0.0383. The molecule has 9 nitrogen and oxygen atoms in total. The van der Waals surface area contributed by atoms with Crippen molar-refractivity contribution in [2.24, 2.45) is 0 Å². The van der Waals surface area contributed by atoms with Crippen LogP contribution >= 0.6 is 7.82 Å². The van der Waals surface area contributed by atoms with E-state index in [2.05, 4.69) is 86.8 Å². The number of likely N-dealkylation sites (N-methyl/N-ethyl adjacent to an activating group) is 1. The minimum Gasteiger partial charge on any atom is -0.756 e. The largest absolute Gasteiger partial charge is 0.756 e. The molecule has 0 aliphatic heterocycles. The molecule has 0 bridgehead atoms. The van der Waals surface area contributed by atoms with E-state index in [-0.39, 0.29) is 26.1 Å². The molecule has 0 fully saturated rings. The Bertz CT molecular complexity index is 1220. The molecule has 0 N–H and O–H groups in total. The number of quaternary nitrogens is 1. The van der Waals surface area contributed by atoms with Gasteiger partial charge in [-0.1, -0.05) is 151 Å². The zero-order valence-electron chi connectivity index (χ0n) is 37.5. The molecule has 2 unspecified atom stereocenters. The van der Waals surface area contributed by atoms with Crippen LogP contribution in [0.2, 0.25) is 0 Å². The van der Waals surface area contributed by atoms with Crippen LogP contribution < -0.4 is 4.89 Å². The Kier molecular flexibility index (Phi) is 38.1. The van der Waals surface area contributed by atoms with Gasteiger partial charge in [-0.15, -0.1) is 0 Å². The van der Waals surface area contributed by atoms with Gasteiger partial charge in [-0.3, -0.25) is 14.2 Å². The number of allylic oxidation sites excluding steroid dienone is 12. The quantitative estimate of drug-likeness (QED) is 0.0197. The fourth-order valence-electron chi connectivity index (χ4n) is 5.74. The van der Waals surface area contributed by atoms with Crippen molar-refractivity contribution in [3.05, 3.63) is 72.9 Å². The molecular formula is C48H84NO8P. The van der Waals surface area contributed by atoms with Gasteiger partial charge in [0.15, 0.2) is 6.10 Å². The monoisotopic (exact) mass is 834 g/mol. The predicted molar refractivity (Wildman–Crippen MR) is 240 cm³/mol. The van der Waals surface area contributed by atoms with E-state index in [1.807, 2.05) is 21.1 Å². The number of phosphoric acid groups is 1. The Morgan fingerprint density at radius 1 is 0.534 bits per heavy atom. The van der Waals surface area contributed by atoms with Crippen molar-refractivity contribution in [3.63, 3.8) is 0 Å². The lowest BCUT2D eigenvalue weighted by Crippen LogP contribution is -2.37. The third-order valence-electron chi connectivity index (χ3n) is 9.22. The number of hydrogen-bond acceptors (Lipinski definition) is 8. The molecule has 10 heteroatoms. The van der Waals surface area contributed by atoms with Crippen LogP contribution in [0.15, 0.2) is 72.9 Å². The van der Waals surface area contributed by atoms with Crippen LogP contribution in [-0.2, 0) is 32.7 Å². The number of ether oxygens (including phenoxy) is 2. The molecule has 58 heavy (non-hydrogen) atoms. The Morgan fingerprint density at radius 3 is 1.38 bits per heavy atom. The van der Waals surface area contributed by atoms with Gasteiger partial charge in [0, 0.05) is 12.8 Å². The van der Waals surface area contributed by atoms with Gasteiger partial charge in [-0.25, -0.2) is 0 Å². The molecule has 334 valence electrons. The maximum absolute atomic E-state index is 12.7. The molecule has 0 radical (unpaired) electrons. The average Bonchev–Trinajstić information content (AvgIpc) is 3.17. The second-order valence-corrected chi connectivity index (χ2v) is 17.4. The summed E-state index contributed by atoms with van der Waals surface area (Å²) in [6.45, 7) is 3.97. The SMILES string of the molecule is CC/C=C\C/C=C\C/C=C\CCCCCCCCCC(=O)OCC(COP(=O)([O-])OCC[N+](C)(C)C)OC(=O)CCCCCCCCC/C=C\C/C=C\C/C=C\CC. The van der Waals surface area contributed by atoms with Crippen LogP contribution in [0.25, 0.3) is 0 Å². The highest BCUT2D eigenvalue weighted by Crippen LogP contribution is 2.38. The summed E-state index contributed by atoms with van der Waals surface area (Å²) in [5.74, 6) is -0.863. The van der Waals surface area contributed by atoms with Gasteiger partial charge < -0.3 is 27.9 Å². The first-order chi connectivity index (χ1) is 28.0. The van der Waals surface area contributed by atoms with Crippen molar-refractivity contribution in [2.45, 2.75) is 174 Å². The first kappa shape index (κ1) is 55.5. The Balaban J connectivity index is 4.37. The summed E-state index contributed by atoms with van der Waals surface area (Å²) in [5, 5.41) is 0. The highest BCUT2D eigenvalue weighted by atomic mass is 31.2. The number of hydrogen-bond donors (Lipinski definition) is 0. The lowest BCUT2D eigenvalue weighted by molar-refractivity contribution is -0.870. The molecule has 0 heterocycles. The minimum atomic E-state index is -4.63. The van der Waals surface area contributed by atoms with E-state index in [9.17, 15) is 19.0 Å². The van der Waals surface area contributed by atoms with Crippen molar-refractivity contribution in [1.29, 1.82) is 0 Å².